The van der Waals surface area contributed by atoms with Crippen LogP contribution >= 0.6 is 11.6 Å². The average Bonchev–Trinajstić information content (AvgIpc) is 2.54. The zero-order chi connectivity index (χ0) is 15.1. The number of amides is 2. The van der Waals surface area contributed by atoms with Gasteiger partial charge in [-0.1, -0.05) is 18.2 Å². The van der Waals surface area contributed by atoms with E-state index in [2.05, 4.69) is 5.32 Å². The predicted molar refractivity (Wildman–Crippen MR) is 80.4 cm³/mol. The van der Waals surface area contributed by atoms with Crippen molar-refractivity contribution in [2.75, 3.05) is 25.6 Å². The van der Waals surface area contributed by atoms with Crippen molar-refractivity contribution >= 4 is 23.4 Å². The van der Waals surface area contributed by atoms with Gasteiger partial charge >= 0.3 is 0 Å². The quantitative estimate of drug-likeness (QED) is 0.837. The van der Waals surface area contributed by atoms with Crippen LogP contribution in [-0.2, 0) is 9.59 Å². The van der Waals surface area contributed by atoms with E-state index in [1.165, 1.54) is 0 Å². The molecular weight excluding hydrogens is 292 g/mol. The van der Waals surface area contributed by atoms with E-state index in [1.807, 2.05) is 30.3 Å². The van der Waals surface area contributed by atoms with Crippen LogP contribution in [0.5, 0.6) is 5.75 Å². The molecule has 6 heteroatoms. The molecule has 1 aliphatic rings. The van der Waals surface area contributed by atoms with Crippen LogP contribution < -0.4 is 10.1 Å². The largest absolute Gasteiger partial charge is 0.484 e. The van der Waals surface area contributed by atoms with E-state index in [0.29, 0.717) is 18.8 Å². The third-order valence-electron chi connectivity index (χ3n) is 3.44. The average molecular weight is 311 g/mol. The number of hydrogen-bond donors (Lipinski definition) is 1. The molecule has 0 radical (unpaired) electrons. The molecule has 1 aromatic rings. The first-order valence-corrected chi connectivity index (χ1v) is 7.53. The molecule has 0 aliphatic carbocycles. The summed E-state index contributed by atoms with van der Waals surface area (Å²) in [6, 6.07) is 9.38. The summed E-state index contributed by atoms with van der Waals surface area (Å²) in [7, 11) is 0. The van der Waals surface area contributed by atoms with Crippen molar-refractivity contribution in [1.29, 1.82) is 0 Å². The van der Waals surface area contributed by atoms with Crippen LogP contribution in [0.15, 0.2) is 30.3 Å². The summed E-state index contributed by atoms with van der Waals surface area (Å²) < 4.78 is 5.45. The lowest BCUT2D eigenvalue weighted by molar-refractivity contribution is -0.134. The Hall–Kier alpha value is -1.75. The van der Waals surface area contributed by atoms with Crippen LogP contribution in [0.1, 0.15) is 12.8 Å². The SMILES string of the molecule is O=C(CCl)NC1CCN(C(=O)COc2ccccc2)CC1. The Kier molecular flexibility index (Phi) is 5.87. The molecule has 1 heterocycles. The maximum Gasteiger partial charge on any atom is 0.260 e. The number of benzene rings is 1. The lowest BCUT2D eigenvalue weighted by Crippen LogP contribution is -2.47. The number of para-hydroxylation sites is 1. The van der Waals surface area contributed by atoms with Gasteiger partial charge in [0.1, 0.15) is 11.6 Å². The van der Waals surface area contributed by atoms with Gasteiger partial charge in [-0.25, -0.2) is 0 Å². The summed E-state index contributed by atoms with van der Waals surface area (Å²) in [6.07, 6.45) is 1.50. The monoisotopic (exact) mass is 310 g/mol. The first-order valence-electron chi connectivity index (χ1n) is 7.00. The molecule has 21 heavy (non-hydrogen) atoms. The molecule has 0 saturated carbocycles. The van der Waals surface area contributed by atoms with Crippen LogP contribution in [0.25, 0.3) is 0 Å². The molecule has 0 bridgehead atoms. The Morgan fingerprint density at radius 3 is 2.52 bits per heavy atom. The summed E-state index contributed by atoms with van der Waals surface area (Å²) in [5.74, 6) is 0.481. The summed E-state index contributed by atoms with van der Waals surface area (Å²) in [5.41, 5.74) is 0. The number of carbonyl (C=O) groups is 2. The molecule has 114 valence electrons. The van der Waals surface area contributed by atoms with Crippen molar-refractivity contribution in [2.24, 2.45) is 0 Å². The number of nitrogens with zero attached hydrogens (tertiary/aromatic N) is 1. The third kappa shape index (κ3) is 4.93. The van der Waals surface area contributed by atoms with Gasteiger partial charge in [0.2, 0.25) is 5.91 Å². The number of alkyl halides is 1. The maximum atomic E-state index is 12.0. The fourth-order valence-electron chi connectivity index (χ4n) is 2.29. The van der Waals surface area contributed by atoms with Crippen LogP contribution in [-0.4, -0.2) is 48.3 Å². The van der Waals surface area contributed by atoms with E-state index >= 15 is 0 Å². The molecule has 2 amide bonds. The van der Waals surface area contributed by atoms with Crippen molar-refractivity contribution in [3.05, 3.63) is 30.3 Å². The highest BCUT2D eigenvalue weighted by molar-refractivity contribution is 6.27. The van der Waals surface area contributed by atoms with E-state index in [-0.39, 0.29) is 30.3 Å². The molecule has 1 N–H and O–H groups in total. The van der Waals surface area contributed by atoms with Gasteiger partial charge in [-0.2, -0.15) is 0 Å². The highest BCUT2D eigenvalue weighted by Gasteiger charge is 2.23. The minimum absolute atomic E-state index is 0.0237. The highest BCUT2D eigenvalue weighted by Crippen LogP contribution is 2.12. The third-order valence-corrected chi connectivity index (χ3v) is 3.68. The lowest BCUT2D eigenvalue weighted by atomic mass is 10.1. The molecule has 0 aromatic heterocycles. The van der Waals surface area contributed by atoms with E-state index in [4.69, 9.17) is 16.3 Å². The van der Waals surface area contributed by atoms with Gasteiger partial charge < -0.3 is 15.0 Å². The standard InChI is InChI=1S/C15H19ClN2O3/c16-10-14(19)17-12-6-8-18(9-7-12)15(20)11-21-13-4-2-1-3-5-13/h1-5,12H,6-11H2,(H,17,19). The maximum absolute atomic E-state index is 12.0. The number of halogens is 1. The van der Waals surface area contributed by atoms with Crippen LogP contribution in [0, 0.1) is 0 Å². The highest BCUT2D eigenvalue weighted by atomic mass is 35.5. The van der Waals surface area contributed by atoms with Crippen LogP contribution in [0.3, 0.4) is 0 Å². The van der Waals surface area contributed by atoms with Crippen LogP contribution in [0.4, 0.5) is 0 Å². The Bertz CT molecular complexity index is 473. The Labute approximate surface area is 129 Å². The summed E-state index contributed by atoms with van der Waals surface area (Å²) >= 11 is 5.46. The number of ether oxygens (including phenoxy) is 1. The zero-order valence-corrected chi connectivity index (χ0v) is 12.5. The number of hydrogen-bond acceptors (Lipinski definition) is 3. The van der Waals surface area contributed by atoms with E-state index in [0.717, 1.165) is 12.8 Å². The van der Waals surface area contributed by atoms with Gasteiger partial charge in [0.25, 0.3) is 5.91 Å². The minimum atomic E-state index is -0.158. The molecule has 1 fully saturated rings. The molecular formula is C15H19ClN2O3. The minimum Gasteiger partial charge on any atom is -0.484 e. The van der Waals surface area contributed by atoms with Gasteiger partial charge in [-0.15, -0.1) is 11.6 Å². The van der Waals surface area contributed by atoms with Crippen molar-refractivity contribution in [3.63, 3.8) is 0 Å². The van der Waals surface area contributed by atoms with Gasteiger partial charge in [-0.05, 0) is 25.0 Å². The number of rotatable bonds is 5. The first-order chi connectivity index (χ1) is 10.2. The van der Waals surface area contributed by atoms with Gasteiger partial charge in [0.05, 0.1) is 0 Å². The molecule has 1 saturated heterocycles. The molecule has 1 aromatic carbocycles. The van der Waals surface area contributed by atoms with E-state index in [9.17, 15) is 9.59 Å². The number of piperidine rings is 1. The second-order valence-corrected chi connectivity index (χ2v) is 5.23. The van der Waals surface area contributed by atoms with Crippen molar-refractivity contribution < 1.29 is 14.3 Å². The van der Waals surface area contributed by atoms with Gasteiger partial charge in [0.15, 0.2) is 6.61 Å². The lowest BCUT2D eigenvalue weighted by Gasteiger charge is -2.32. The summed E-state index contributed by atoms with van der Waals surface area (Å²) in [5, 5.41) is 2.85. The molecule has 5 nitrogen and oxygen atoms in total. The first kappa shape index (κ1) is 15.6. The fraction of sp³-hybridized carbons (Fsp3) is 0.467. The molecule has 1 aliphatic heterocycles. The van der Waals surface area contributed by atoms with E-state index in [1.54, 1.807) is 4.90 Å². The molecule has 0 spiro atoms. The Balaban J connectivity index is 1.72. The topological polar surface area (TPSA) is 58.6 Å². The molecule has 0 unspecified atom stereocenters. The molecule has 0 atom stereocenters. The van der Waals surface area contributed by atoms with Gasteiger partial charge in [0, 0.05) is 19.1 Å². The molecule has 2 rings (SSSR count). The second kappa shape index (κ2) is 7.88. The van der Waals surface area contributed by atoms with Gasteiger partial charge in [-0.3, -0.25) is 9.59 Å². The number of likely N-dealkylation sites (tertiary alicyclic amines) is 1. The zero-order valence-electron chi connectivity index (χ0n) is 11.8. The number of carbonyl (C=O) groups excluding carboxylic acids is 2. The Morgan fingerprint density at radius 1 is 1.24 bits per heavy atom. The van der Waals surface area contributed by atoms with Crippen LogP contribution in [0.2, 0.25) is 0 Å². The van der Waals surface area contributed by atoms with Crippen molar-refractivity contribution in [2.45, 2.75) is 18.9 Å². The normalized spacial score (nSPS) is 15.6. The number of nitrogens with one attached hydrogen (secondary N) is 1. The fourth-order valence-corrected chi connectivity index (χ4v) is 2.37. The summed E-state index contributed by atoms with van der Waals surface area (Å²) in [6.45, 7) is 1.30. The van der Waals surface area contributed by atoms with Crippen molar-refractivity contribution in [1.82, 2.24) is 10.2 Å². The smallest absolute Gasteiger partial charge is 0.260 e. The predicted octanol–water partition coefficient (Wildman–Crippen LogP) is 1.41. The van der Waals surface area contributed by atoms with E-state index < -0.39 is 0 Å². The van der Waals surface area contributed by atoms with Crippen molar-refractivity contribution in [3.8, 4) is 5.75 Å². The second-order valence-electron chi connectivity index (χ2n) is 4.96. The Morgan fingerprint density at radius 2 is 1.90 bits per heavy atom. The summed E-state index contributed by atoms with van der Waals surface area (Å²) in [4.78, 5) is 25.0.